The Balaban J connectivity index is 2.29. The van der Waals surface area contributed by atoms with Crippen molar-refractivity contribution in [2.75, 3.05) is 0 Å². The Morgan fingerprint density at radius 1 is 1.05 bits per heavy atom. The number of carbonyl (C=O) groups excluding carboxylic acids is 1. The van der Waals surface area contributed by atoms with E-state index in [1.54, 1.807) is 0 Å². The molecule has 1 atom stereocenters. The second-order valence-corrected chi connectivity index (χ2v) is 4.72. The second kappa shape index (κ2) is 7.24. The number of nitrogens with zero attached hydrogens (tertiary/aromatic N) is 1. The van der Waals surface area contributed by atoms with Crippen LogP contribution in [0.25, 0.3) is 0 Å². The third-order valence-corrected chi connectivity index (χ3v) is 3.32. The number of carbonyl (C=O) groups is 2. The fourth-order valence-electron chi connectivity index (χ4n) is 2.30. The molecule has 0 heterocycles. The molecule has 0 aliphatic carbocycles. The van der Waals surface area contributed by atoms with Crippen molar-refractivity contribution in [1.82, 2.24) is 4.90 Å². The molecule has 0 fully saturated rings. The smallest absolute Gasteiger partial charge is 0.408 e. The average molecular weight is 283 g/mol. The molecular weight excluding hydrogens is 266 g/mol. The van der Waals surface area contributed by atoms with Crippen LogP contribution in [0.5, 0.6) is 0 Å². The van der Waals surface area contributed by atoms with E-state index in [1.165, 1.54) is 4.90 Å². The maximum absolute atomic E-state index is 11.6. The van der Waals surface area contributed by atoms with Gasteiger partial charge in [0.25, 0.3) is 0 Å². The third-order valence-electron chi connectivity index (χ3n) is 3.32. The van der Waals surface area contributed by atoms with E-state index in [1.807, 2.05) is 60.7 Å². The van der Waals surface area contributed by atoms with Gasteiger partial charge in [0.1, 0.15) is 6.29 Å². The molecule has 1 N–H and O–H groups in total. The Hall–Kier alpha value is -2.62. The zero-order valence-corrected chi connectivity index (χ0v) is 11.6. The summed E-state index contributed by atoms with van der Waals surface area (Å²) in [4.78, 5) is 23.9. The van der Waals surface area contributed by atoms with E-state index in [0.717, 1.165) is 17.4 Å². The van der Waals surface area contributed by atoms with Gasteiger partial charge >= 0.3 is 6.09 Å². The van der Waals surface area contributed by atoms with E-state index in [0.29, 0.717) is 0 Å². The molecule has 108 valence electrons. The lowest BCUT2D eigenvalue weighted by molar-refractivity contribution is -0.108. The van der Waals surface area contributed by atoms with E-state index in [9.17, 15) is 14.7 Å². The van der Waals surface area contributed by atoms with Gasteiger partial charge in [-0.05, 0) is 11.1 Å². The van der Waals surface area contributed by atoms with Crippen LogP contribution in [0.1, 0.15) is 23.6 Å². The highest BCUT2D eigenvalue weighted by molar-refractivity contribution is 5.67. The van der Waals surface area contributed by atoms with Crippen LogP contribution in [0.2, 0.25) is 0 Å². The molecule has 21 heavy (non-hydrogen) atoms. The minimum absolute atomic E-state index is 0.142. The van der Waals surface area contributed by atoms with Gasteiger partial charge in [0.15, 0.2) is 0 Å². The van der Waals surface area contributed by atoms with Crippen molar-refractivity contribution in [1.29, 1.82) is 0 Å². The Labute approximate surface area is 123 Å². The SMILES string of the molecule is O=CCC(c1ccccc1)N(Cc1ccccc1)C(=O)O. The Bertz CT molecular complexity index is 583. The molecule has 1 amide bonds. The predicted octanol–water partition coefficient (Wildman–Crippen LogP) is 3.50. The van der Waals surface area contributed by atoms with Crippen LogP contribution in [-0.2, 0) is 11.3 Å². The molecular formula is C17H17NO3. The zero-order valence-electron chi connectivity index (χ0n) is 11.6. The lowest BCUT2D eigenvalue weighted by atomic mass is 10.0. The van der Waals surface area contributed by atoms with E-state index < -0.39 is 12.1 Å². The maximum Gasteiger partial charge on any atom is 0.408 e. The predicted molar refractivity (Wildman–Crippen MR) is 79.9 cm³/mol. The topological polar surface area (TPSA) is 57.6 Å². The van der Waals surface area contributed by atoms with Crippen LogP contribution >= 0.6 is 0 Å². The number of aldehydes is 1. The molecule has 4 heteroatoms. The highest BCUT2D eigenvalue weighted by atomic mass is 16.4. The molecule has 0 saturated carbocycles. The maximum atomic E-state index is 11.6. The summed E-state index contributed by atoms with van der Waals surface area (Å²) in [6.07, 6.45) is -0.128. The van der Waals surface area contributed by atoms with Gasteiger partial charge in [0, 0.05) is 13.0 Å². The number of benzene rings is 2. The van der Waals surface area contributed by atoms with Crippen LogP contribution in [0, 0.1) is 0 Å². The molecule has 1 unspecified atom stereocenters. The van der Waals surface area contributed by atoms with Crippen LogP contribution in [-0.4, -0.2) is 22.4 Å². The van der Waals surface area contributed by atoms with Crippen LogP contribution in [0.4, 0.5) is 4.79 Å². The van der Waals surface area contributed by atoms with Gasteiger partial charge in [-0.3, -0.25) is 4.90 Å². The Kier molecular flexibility index (Phi) is 5.10. The fraction of sp³-hybridized carbons (Fsp3) is 0.176. The quantitative estimate of drug-likeness (QED) is 0.825. The second-order valence-electron chi connectivity index (χ2n) is 4.72. The first kappa shape index (κ1) is 14.8. The first-order valence-corrected chi connectivity index (χ1v) is 6.74. The molecule has 0 aromatic heterocycles. The minimum Gasteiger partial charge on any atom is -0.465 e. The largest absolute Gasteiger partial charge is 0.465 e. The third kappa shape index (κ3) is 3.92. The molecule has 0 bridgehead atoms. The molecule has 0 radical (unpaired) electrons. The van der Waals surface area contributed by atoms with E-state index in [4.69, 9.17) is 0 Å². The summed E-state index contributed by atoms with van der Waals surface area (Å²) in [6.45, 7) is 0.254. The number of rotatable bonds is 6. The van der Waals surface area contributed by atoms with Gasteiger partial charge in [-0.15, -0.1) is 0 Å². The summed E-state index contributed by atoms with van der Waals surface area (Å²) in [5.41, 5.74) is 1.72. The minimum atomic E-state index is -1.03. The van der Waals surface area contributed by atoms with Crippen molar-refractivity contribution in [3.8, 4) is 0 Å². The number of carboxylic acid groups (broad SMARTS) is 1. The monoisotopic (exact) mass is 283 g/mol. The molecule has 4 nitrogen and oxygen atoms in total. The van der Waals surface area contributed by atoms with Crippen molar-refractivity contribution >= 4 is 12.4 Å². The van der Waals surface area contributed by atoms with Crippen molar-refractivity contribution in [3.05, 3.63) is 71.8 Å². The molecule has 0 aliphatic heterocycles. The zero-order chi connectivity index (χ0) is 15.1. The first-order chi connectivity index (χ1) is 10.2. The number of amides is 1. The average Bonchev–Trinajstić information content (AvgIpc) is 2.52. The van der Waals surface area contributed by atoms with Gasteiger partial charge in [-0.25, -0.2) is 4.79 Å². The van der Waals surface area contributed by atoms with E-state index >= 15 is 0 Å². The Morgan fingerprint density at radius 3 is 2.14 bits per heavy atom. The molecule has 2 aromatic carbocycles. The molecule has 2 rings (SSSR count). The van der Waals surface area contributed by atoms with Crippen LogP contribution in [0.3, 0.4) is 0 Å². The molecule has 0 saturated heterocycles. The highest BCUT2D eigenvalue weighted by Crippen LogP contribution is 2.25. The van der Waals surface area contributed by atoms with Crippen molar-refractivity contribution in [2.24, 2.45) is 0 Å². The lowest BCUT2D eigenvalue weighted by Gasteiger charge is -2.28. The van der Waals surface area contributed by atoms with Crippen molar-refractivity contribution < 1.29 is 14.7 Å². The molecule has 2 aromatic rings. The summed E-state index contributed by atoms with van der Waals surface area (Å²) < 4.78 is 0. The van der Waals surface area contributed by atoms with Gasteiger partial charge in [0.2, 0.25) is 0 Å². The molecule has 0 spiro atoms. The fourth-order valence-corrected chi connectivity index (χ4v) is 2.30. The van der Waals surface area contributed by atoms with Crippen molar-refractivity contribution in [3.63, 3.8) is 0 Å². The van der Waals surface area contributed by atoms with E-state index in [2.05, 4.69) is 0 Å². The summed E-state index contributed by atoms with van der Waals surface area (Å²) in [5, 5.41) is 9.50. The first-order valence-electron chi connectivity index (χ1n) is 6.74. The van der Waals surface area contributed by atoms with Gasteiger partial charge in [0.05, 0.1) is 6.04 Å². The summed E-state index contributed by atoms with van der Waals surface area (Å²) in [6, 6.07) is 18.1. The summed E-state index contributed by atoms with van der Waals surface area (Å²) >= 11 is 0. The van der Waals surface area contributed by atoms with Gasteiger partial charge in [-0.2, -0.15) is 0 Å². The van der Waals surface area contributed by atoms with Crippen LogP contribution < -0.4 is 0 Å². The number of hydrogen-bond donors (Lipinski definition) is 1. The van der Waals surface area contributed by atoms with Gasteiger partial charge in [-0.1, -0.05) is 60.7 Å². The van der Waals surface area contributed by atoms with Gasteiger partial charge < -0.3 is 9.90 Å². The standard InChI is InChI=1S/C17H17NO3/c19-12-11-16(15-9-5-2-6-10-15)18(17(20)21)13-14-7-3-1-4-8-14/h1-10,12,16H,11,13H2,(H,20,21). The molecule has 0 aliphatic rings. The highest BCUT2D eigenvalue weighted by Gasteiger charge is 2.24. The van der Waals surface area contributed by atoms with Crippen molar-refractivity contribution in [2.45, 2.75) is 19.0 Å². The van der Waals surface area contributed by atoms with Crippen LogP contribution in [0.15, 0.2) is 60.7 Å². The normalized spacial score (nSPS) is 11.6. The summed E-state index contributed by atoms with van der Waals surface area (Å²) in [7, 11) is 0. The lowest BCUT2D eigenvalue weighted by Crippen LogP contribution is -2.33. The summed E-state index contributed by atoms with van der Waals surface area (Å²) in [5.74, 6) is 0. The number of hydrogen-bond acceptors (Lipinski definition) is 2. The Morgan fingerprint density at radius 2 is 1.62 bits per heavy atom. The van der Waals surface area contributed by atoms with E-state index in [-0.39, 0.29) is 13.0 Å².